The molecule has 0 amide bonds. The van der Waals surface area contributed by atoms with Gasteiger partial charge < -0.3 is 20.5 Å². The Bertz CT molecular complexity index is 479. The highest BCUT2D eigenvalue weighted by molar-refractivity contribution is 14.0. The third-order valence-electron chi connectivity index (χ3n) is 3.54. The van der Waals surface area contributed by atoms with Crippen molar-refractivity contribution in [1.29, 1.82) is 0 Å². The number of hydrogen-bond acceptors (Lipinski definition) is 3. The Kier molecular flexibility index (Phi) is 10.0. The number of para-hydroxylation sites is 1. The number of nitrogens with zero attached hydrogens (tertiary/aromatic N) is 1. The van der Waals surface area contributed by atoms with E-state index >= 15 is 0 Å². The number of ether oxygens (including phenoxy) is 2. The minimum absolute atomic E-state index is 0. The van der Waals surface area contributed by atoms with E-state index in [0.717, 1.165) is 50.0 Å². The number of benzene rings is 1. The Morgan fingerprint density at radius 2 is 2.13 bits per heavy atom. The number of nitrogens with one attached hydrogen (secondary N) is 1. The fourth-order valence-corrected chi connectivity index (χ4v) is 2.03. The Labute approximate surface area is 156 Å². The third-order valence-corrected chi connectivity index (χ3v) is 3.54. The lowest BCUT2D eigenvalue weighted by Gasteiger charge is -2.10. The monoisotopic (exact) mass is 433 g/mol. The summed E-state index contributed by atoms with van der Waals surface area (Å²) in [6, 6.07) is 8.03. The van der Waals surface area contributed by atoms with Gasteiger partial charge in [-0.25, -0.2) is 4.99 Å². The van der Waals surface area contributed by atoms with E-state index < -0.39 is 0 Å². The van der Waals surface area contributed by atoms with E-state index in [0.29, 0.717) is 12.5 Å². The van der Waals surface area contributed by atoms with Gasteiger partial charge in [-0.1, -0.05) is 18.2 Å². The average Bonchev–Trinajstić information content (AvgIpc) is 3.36. The van der Waals surface area contributed by atoms with Crippen LogP contribution in [-0.4, -0.2) is 32.3 Å². The summed E-state index contributed by atoms with van der Waals surface area (Å²) in [6.07, 6.45) is 3.50. The zero-order valence-corrected chi connectivity index (χ0v) is 16.1. The van der Waals surface area contributed by atoms with Gasteiger partial charge in [-0.3, -0.25) is 0 Å². The fourth-order valence-electron chi connectivity index (χ4n) is 2.03. The van der Waals surface area contributed by atoms with Gasteiger partial charge in [-0.2, -0.15) is 0 Å². The zero-order valence-electron chi connectivity index (χ0n) is 13.8. The van der Waals surface area contributed by atoms with E-state index in [4.69, 9.17) is 15.2 Å². The summed E-state index contributed by atoms with van der Waals surface area (Å²) >= 11 is 0. The quantitative estimate of drug-likeness (QED) is 0.258. The van der Waals surface area contributed by atoms with Crippen LogP contribution in [0.2, 0.25) is 0 Å². The molecule has 0 bridgehead atoms. The first kappa shape index (κ1) is 20.0. The maximum absolute atomic E-state index is 5.88. The van der Waals surface area contributed by atoms with Crippen molar-refractivity contribution in [2.24, 2.45) is 16.6 Å². The van der Waals surface area contributed by atoms with Crippen molar-refractivity contribution in [3.05, 3.63) is 29.8 Å². The highest BCUT2D eigenvalue weighted by Gasteiger charge is 2.22. The van der Waals surface area contributed by atoms with E-state index in [1.165, 1.54) is 12.8 Å². The molecule has 3 N–H and O–H groups in total. The van der Waals surface area contributed by atoms with Gasteiger partial charge in [0.1, 0.15) is 5.75 Å². The first-order chi connectivity index (χ1) is 10.8. The molecule has 0 spiro atoms. The van der Waals surface area contributed by atoms with Crippen LogP contribution in [0.4, 0.5) is 0 Å². The number of rotatable bonds is 10. The maximum atomic E-state index is 5.88. The van der Waals surface area contributed by atoms with Crippen LogP contribution < -0.4 is 15.8 Å². The summed E-state index contributed by atoms with van der Waals surface area (Å²) in [5, 5.41) is 3.10. The molecule has 1 fully saturated rings. The molecule has 6 heteroatoms. The SMILES string of the molecule is CCOCCCNC(N)=NCc1ccccc1OCC1CC1.I. The molecule has 0 aromatic heterocycles. The molecular weight excluding hydrogens is 405 g/mol. The standard InChI is InChI=1S/C17H27N3O2.HI/c1-2-21-11-5-10-19-17(18)20-12-15-6-3-4-7-16(15)22-13-14-8-9-14;/h3-4,6-7,14H,2,5,8-13H2,1H3,(H3,18,19,20);1H. The van der Waals surface area contributed by atoms with Gasteiger partial charge in [0.2, 0.25) is 0 Å². The number of guanidine groups is 1. The topological polar surface area (TPSA) is 68.9 Å². The van der Waals surface area contributed by atoms with Crippen LogP contribution in [0.3, 0.4) is 0 Å². The van der Waals surface area contributed by atoms with E-state index in [1.54, 1.807) is 0 Å². The Balaban J connectivity index is 0.00000264. The number of nitrogens with two attached hydrogens (primary N) is 1. The van der Waals surface area contributed by atoms with Gasteiger partial charge in [-0.05, 0) is 38.2 Å². The predicted octanol–water partition coefficient (Wildman–Crippen LogP) is 2.92. The van der Waals surface area contributed by atoms with Crippen LogP contribution in [-0.2, 0) is 11.3 Å². The molecule has 0 heterocycles. The van der Waals surface area contributed by atoms with E-state index in [-0.39, 0.29) is 24.0 Å². The molecule has 5 nitrogen and oxygen atoms in total. The molecule has 130 valence electrons. The molecule has 0 unspecified atom stereocenters. The van der Waals surface area contributed by atoms with Gasteiger partial charge in [0.15, 0.2) is 5.96 Å². The summed E-state index contributed by atoms with van der Waals surface area (Å²) in [6.45, 7) is 5.61. The van der Waals surface area contributed by atoms with Crippen molar-refractivity contribution in [2.75, 3.05) is 26.4 Å². The second-order valence-electron chi connectivity index (χ2n) is 5.54. The van der Waals surface area contributed by atoms with Gasteiger partial charge in [0.05, 0.1) is 13.2 Å². The summed E-state index contributed by atoms with van der Waals surface area (Å²) in [5.74, 6) is 2.13. The molecule has 0 atom stereocenters. The Hall–Kier alpha value is -1.02. The van der Waals surface area contributed by atoms with E-state index in [2.05, 4.69) is 10.3 Å². The fraction of sp³-hybridized carbons (Fsp3) is 0.588. The van der Waals surface area contributed by atoms with Gasteiger partial charge in [0.25, 0.3) is 0 Å². The second kappa shape index (κ2) is 11.5. The Morgan fingerprint density at radius 1 is 1.35 bits per heavy atom. The van der Waals surface area contributed by atoms with Gasteiger partial charge in [-0.15, -0.1) is 24.0 Å². The van der Waals surface area contributed by atoms with Gasteiger partial charge >= 0.3 is 0 Å². The van der Waals surface area contributed by atoms with Crippen molar-refractivity contribution >= 4 is 29.9 Å². The molecule has 1 aromatic carbocycles. The highest BCUT2D eigenvalue weighted by atomic mass is 127. The molecule has 0 radical (unpaired) electrons. The molecule has 1 saturated carbocycles. The van der Waals surface area contributed by atoms with Crippen molar-refractivity contribution in [3.8, 4) is 5.75 Å². The summed E-state index contributed by atoms with van der Waals surface area (Å²) < 4.78 is 11.1. The largest absolute Gasteiger partial charge is 0.493 e. The van der Waals surface area contributed by atoms with Crippen LogP contribution >= 0.6 is 24.0 Å². The minimum Gasteiger partial charge on any atom is -0.493 e. The maximum Gasteiger partial charge on any atom is 0.188 e. The van der Waals surface area contributed by atoms with Crippen molar-refractivity contribution in [1.82, 2.24) is 5.32 Å². The lowest BCUT2D eigenvalue weighted by atomic mass is 10.2. The van der Waals surface area contributed by atoms with Crippen LogP contribution in [0.1, 0.15) is 31.7 Å². The molecule has 23 heavy (non-hydrogen) atoms. The van der Waals surface area contributed by atoms with Crippen molar-refractivity contribution in [2.45, 2.75) is 32.7 Å². The average molecular weight is 433 g/mol. The van der Waals surface area contributed by atoms with E-state index in [9.17, 15) is 0 Å². The highest BCUT2D eigenvalue weighted by Crippen LogP contribution is 2.30. The number of aliphatic imine (C=N–C) groups is 1. The summed E-state index contributed by atoms with van der Waals surface area (Å²) in [7, 11) is 0. The zero-order chi connectivity index (χ0) is 15.6. The minimum atomic E-state index is 0. The van der Waals surface area contributed by atoms with Crippen LogP contribution in [0, 0.1) is 5.92 Å². The second-order valence-corrected chi connectivity index (χ2v) is 5.54. The Morgan fingerprint density at radius 3 is 2.87 bits per heavy atom. The van der Waals surface area contributed by atoms with Crippen LogP contribution in [0.25, 0.3) is 0 Å². The van der Waals surface area contributed by atoms with Crippen molar-refractivity contribution < 1.29 is 9.47 Å². The molecule has 1 aliphatic carbocycles. The molecular formula is C17H28IN3O2. The smallest absolute Gasteiger partial charge is 0.188 e. The van der Waals surface area contributed by atoms with Gasteiger partial charge in [0, 0.05) is 25.3 Å². The molecule has 1 aromatic rings. The number of halogens is 1. The summed E-state index contributed by atoms with van der Waals surface area (Å²) in [5.41, 5.74) is 6.95. The van der Waals surface area contributed by atoms with Crippen LogP contribution in [0.15, 0.2) is 29.3 Å². The lowest BCUT2D eigenvalue weighted by molar-refractivity contribution is 0.145. The first-order valence-corrected chi connectivity index (χ1v) is 8.11. The summed E-state index contributed by atoms with van der Waals surface area (Å²) in [4.78, 5) is 4.38. The third kappa shape index (κ3) is 8.41. The molecule has 0 saturated heterocycles. The normalized spacial score (nSPS) is 14.2. The lowest BCUT2D eigenvalue weighted by Crippen LogP contribution is -2.32. The predicted molar refractivity (Wildman–Crippen MR) is 105 cm³/mol. The van der Waals surface area contributed by atoms with Crippen LogP contribution in [0.5, 0.6) is 5.75 Å². The molecule has 1 aliphatic rings. The number of hydrogen-bond donors (Lipinski definition) is 2. The van der Waals surface area contributed by atoms with E-state index in [1.807, 2.05) is 31.2 Å². The molecule has 2 rings (SSSR count). The molecule has 0 aliphatic heterocycles. The van der Waals surface area contributed by atoms with Crippen molar-refractivity contribution in [3.63, 3.8) is 0 Å². The first-order valence-electron chi connectivity index (χ1n) is 8.11.